The molecule has 3 rings (SSSR count). The third kappa shape index (κ3) is 5.94. The minimum atomic E-state index is -0.633. The molecule has 168 valence electrons. The van der Waals surface area contributed by atoms with E-state index in [1.807, 2.05) is 32.9 Å². The molecule has 6 heteroatoms. The second-order valence-electron chi connectivity index (χ2n) is 10.4. The number of aliphatic hydroxyl groups is 2. The van der Waals surface area contributed by atoms with Crippen molar-refractivity contribution in [3.8, 4) is 0 Å². The van der Waals surface area contributed by atoms with Crippen LogP contribution < -0.4 is 0 Å². The van der Waals surface area contributed by atoms with Gasteiger partial charge >= 0.3 is 11.9 Å². The second-order valence-corrected chi connectivity index (χ2v) is 10.4. The third-order valence-corrected chi connectivity index (χ3v) is 6.39. The van der Waals surface area contributed by atoms with Crippen LogP contribution in [0.2, 0.25) is 0 Å². The van der Waals surface area contributed by atoms with Crippen molar-refractivity contribution in [1.29, 1.82) is 0 Å². The number of cyclic esters (lactones) is 1. The van der Waals surface area contributed by atoms with Gasteiger partial charge in [-0.2, -0.15) is 0 Å². The lowest BCUT2D eigenvalue weighted by molar-refractivity contribution is -0.162. The third-order valence-electron chi connectivity index (χ3n) is 6.39. The van der Waals surface area contributed by atoms with Crippen molar-refractivity contribution in [2.75, 3.05) is 0 Å². The highest BCUT2D eigenvalue weighted by molar-refractivity contribution is 5.71. The Kier molecular flexibility index (Phi) is 7.08. The zero-order chi connectivity index (χ0) is 22.1. The monoisotopic (exact) mass is 420 g/mol. The number of aliphatic hydroxyl groups excluding tert-OH is 2. The molecule has 0 spiro atoms. The van der Waals surface area contributed by atoms with Crippen LogP contribution in [-0.4, -0.2) is 46.6 Å². The summed E-state index contributed by atoms with van der Waals surface area (Å²) in [5.41, 5.74) is 0.861. The van der Waals surface area contributed by atoms with Gasteiger partial charge in [0.2, 0.25) is 0 Å². The maximum Gasteiger partial charge on any atom is 0.308 e. The van der Waals surface area contributed by atoms with Crippen LogP contribution in [0.25, 0.3) is 0 Å². The summed E-state index contributed by atoms with van der Waals surface area (Å²) in [5, 5.41) is 20.2. The molecule has 0 saturated carbocycles. The standard InChI is InChI=1S/C24H36O6/c1-14-5-6-15-9-16(25)11-20(30-22(28)13-24(2,3)4)23(15)19(14)8-7-18-10-17(26)12-21(27)29-18/h5-6,9,14,16-20,23,25-26H,7-8,10-13H2,1-4H3/t14-,16-,17-,18-,19+,20+,23+/m1/s1. The van der Waals surface area contributed by atoms with Crippen molar-refractivity contribution in [1.82, 2.24) is 0 Å². The fourth-order valence-corrected chi connectivity index (χ4v) is 5.05. The van der Waals surface area contributed by atoms with E-state index >= 15 is 0 Å². The SMILES string of the molecule is C[C@@H]1C=CC2=C[C@@H](O)C[C@H](OC(=O)CC(C)(C)C)[C@@H]2[C@H]1CC[C@@H]1C[C@@H](O)CC(=O)O1. The van der Waals surface area contributed by atoms with Gasteiger partial charge < -0.3 is 19.7 Å². The average Bonchev–Trinajstić information content (AvgIpc) is 2.58. The molecule has 0 amide bonds. The first-order valence-electron chi connectivity index (χ1n) is 11.2. The zero-order valence-electron chi connectivity index (χ0n) is 18.5. The van der Waals surface area contributed by atoms with Gasteiger partial charge in [-0.3, -0.25) is 9.59 Å². The highest BCUT2D eigenvalue weighted by atomic mass is 16.5. The minimum Gasteiger partial charge on any atom is -0.462 e. The van der Waals surface area contributed by atoms with Gasteiger partial charge in [-0.25, -0.2) is 0 Å². The maximum atomic E-state index is 12.5. The summed E-state index contributed by atoms with van der Waals surface area (Å²) >= 11 is 0. The Labute approximate surface area is 179 Å². The summed E-state index contributed by atoms with van der Waals surface area (Å²) in [7, 11) is 0. The highest BCUT2D eigenvalue weighted by Crippen LogP contribution is 2.44. The molecule has 6 nitrogen and oxygen atoms in total. The fourth-order valence-electron chi connectivity index (χ4n) is 5.05. The maximum absolute atomic E-state index is 12.5. The molecular weight excluding hydrogens is 384 g/mol. The zero-order valence-corrected chi connectivity index (χ0v) is 18.5. The van der Waals surface area contributed by atoms with Crippen molar-refractivity contribution in [2.24, 2.45) is 23.2 Å². The van der Waals surface area contributed by atoms with Gasteiger partial charge in [-0.15, -0.1) is 0 Å². The summed E-state index contributed by atoms with van der Waals surface area (Å²) in [5.74, 6) is -0.0761. The number of carbonyl (C=O) groups excluding carboxylic acids is 2. The Bertz CT molecular complexity index is 703. The van der Waals surface area contributed by atoms with E-state index in [0.717, 1.165) is 12.0 Å². The Morgan fingerprint density at radius 3 is 2.63 bits per heavy atom. The molecule has 30 heavy (non-hydrogen) atoms. The molecule has 2 aliphatic carbocycles. The molecule has 1 heterocycles. The highest BCUT2D eigenvalue weighted by Gasteiger charge is 2.42. The normalized spacial score (nSPS) is 36.5. The van der Waals surface area contributed by atoms with Crippen molar-refractivity contribution in [2.45, 2.75) is 90.6 Å². The number of rotatable bonds is 5. The molecule has 7 atom stereocenters. The Hall–Kier alpha value is -1.66. The van der Waals surface area contributed by atoms with Crippen LogP contribution in [0.1, 0.15) is 66.2 Å². The van der Waals surface area contributed by atoms with Crippen molar-refractivity contribution in [3.05, 3.63) is 23.8 Å². The Morgan fingerprint density at radius 1 is 1.23 bits per heavy atom. The van der Waals surface area contributed by atoms with E-state index in [2.05, 4.69) is 13.0 Å². The first-order valence-corrected chi connectivity index (χ1v) is 11.2. The van der Waals surface area contributed by atoms with Gasteiger partial charge in [0.25, 0.3) is 0 Å². The summed E-state index contributed by atoms with van der Waals surface area (Å²) < 4.78 is 11.3. The summed E-state index contributed by atoms with van der Waals surface area (Å²) in [6.45, 7) is 8.16. The van der Waals surface area contributed by atoms with Gasteiger partial charge in [0.05, 0.1) is 25.0 Å². The summed E-state index contributed by atoms with van der Waals surface area (Å²) in [6, 6.07) is 0. The van der Waals surface area contributed by atoms with Gasteiger partial charge in [0.15, 0.2) is 0 Å². The van der Waals surface area contributed by atoms with Gasteiger partial charge in [-0.1, -0.05) is 45.9 Å². The van der Waals surface area contributed by atoms with Crippen molar-refractivity contribution >= 4 is 11.9 Å². The number of fused-ring (bicyclic) bond motifs is 1. The van der Waals surface area contributed by atoms with Crippen LogP contribution in [0.4, 0.5) is 0 Å². The van der Waals surface area contributed by atoms with Crippen LogP contribution in [-0.2, 0) is 19.1 Å². The molecule has 0 bridgehead atoms. The van der Waals surface area contributed by atoms with Crippen molar-refractivity contribution < 1.29 is 29.3 Å². The van der Waals surface area contributed by atoms with E-state index in [1.165, 1.54) is 0 Å². The van der Waals surface area contributed by atoms with Crippen LogP contribution in [0.15, 0.2) is 23.8 Å². The molecule has 0 unspecified atom stereocenters. The lowest BCUT2D eigenvalue weighted by atomic mass is 9.66. The van der Waals surface area contributed by atoms with Crippen LogP contribution in [0, 0.1) is 23.2 Å². The van der Waals surface area contributed by atoms with Crippen LogP contribution >= 0.6 is 0 Å². The van der Waals surface area contributed by atoms with Crippen LogP contribution in [0.5, 0.6) is 0 Å². The number of ether oxygens (including phenoxy) is 2. The van der Waals surface area contributed by atoms with Crippen molar-refractivity contribution in [3.63, 3.8) is 0 Å². The minimum absolute atomic E-state index is 0.0153. The molecular formula is C24H36O6. The lowest BCUT2D eigenvalue weighted by Crippen LogP contribution is -2.43. The summed E-state index contributed by atoms with van der Waals surface area (Å²) in [4.78, 5) is 24.2. The number of hydrogen-bond donors (Lipinski definition) is 2. The van der Waals surface area contributed by atoms with E-state index in [9.17, 15) is 19.8 Å². The van der Waals surface area contributed by atoms with E-state index in [-0.39, 0.29) is 53.7 Å². The number of hydrogen-bond acceptors (Lipinski definition) is 6. The van der Waals surface area contributed by atoms with E-state index in [4.69, 9.17) is 9.47 Å². The molecule has 1 fully saturated rings. The molecule has 3 aliphatic rings. The Morgan fingerprint density at radius 2 is 1.97 bits per heavy atom. The second kappa shape index (κ2) is 9.23. The molecule has 0 aromatic rings. The average molecular weight is 421 g/mol. The predicted octanol–water partition coefficient (Wildman–Crippen LogP) is 3.31. The van der Waals surface area contributed by atoms with Gasteiger partial charge in [0.1, 0.15) is 12.2 Å². The lowest BCUT2D eigenvalue weighted by Gasteiger charge is -2.43. The molecule has 2 N–H and O–H groups in total. The van der Waals surface area contributed by atoms with E-state index in [1.54, 1.807) is 0 Å². The largest absolute Gasteiger partial charge is 0.462 e. The Balaban J connectivity index is 1.73. The van der Waals surface area contributed by atoms with Crippen LogP contribution in [0.3, 0.4) is 0 Å². The number of carbonyl (C=O) groups is 2. The molecule has 1 saturated heterocycles. The summed E-state index contributed by atoms with van der Waals surface area (Å²) in [6.07, 6.45) is 6.88. The number of allylic oxidation sites excluding steroid dienone is 2. The molecule has 0 aromatic heterocycles. The van der Waals surface area contributed by atoms with E-state index < -0.39 is 12.2 Å². The first kappa shape index (κ1) is 23.0. The predicted molar refractivity (Wildman–Crippen MR) is 112 cm³/mol. The fraction of sp³-hybridized carbons (Fsp3) is 0.750. The first-order chi connectivity index (χ1) is 14.0. The molecule has 0 aromatic carbocycles. The smallest absolute Gasteiger partial charge is 0.308 e. The van der Waals surface area contributed by atoms with E-state index in [0.29, 0.717) is 25.7 Å². The number of esters is 2. The topological polar surface area (TPSA) is 93.1 Å². The quantitative estimate of drug-likeness (QED) is 0.663. The molecule has 0 radical (unpaired) electrons. The van der Waals surface area contributed by atoms with Gasteiger partial charge in [0, 0.05) is 18.8 Å². The van der Waals surface area contributed by atoms with Gasteiger partial charge in [-0.05, 0) is 35.7 Å². The molecule has 1 aliphatic heterocycles.